The molecule has 0 radical (unpaired) electrons. The zero-order valence-corrected chi connectivity index (χ0v) is 18.7. The van der Waals surface area contributed by atoms with Crippen molar-refractivity contribution in [3.05, 3.63) is 95.0 Å². The highest BCUT2D eigenvalue weighted by Gasteiger charge is 2.14. The van der Waals surface area contributed by atoms with Crippen molar-refractivity contribution < 1.29 is 0 Å². The van der Waals surface area contributed by atoms with E-state index >= 15 is 0 Å². The summed E-state index contributed by atoms with van der Waals surface area (Å²) in [7, 11) is 0. The topological polar surface area (TPSA) is 25.8 Å². The van der Waals surface area contributed by atoms with Crippen LogP contribution in [-0.4, -0.2) is 9.97 Å². The second kappa shape index (κ2) is 8.48. The van der Waals surface area contributed by atoms with Crippen molar-refractivity contribution in [2.75, 3.05) is 0 Å². The van der Waals surface area contributed by atoms with Gasteiger partial charge in [-0.25, -0.2) is 9.97 Å². The maximum atomic E-state index is 6.19. The molecule has 4 aromatic carbocycles. The monoisotopic (exact) mass is 464 g/mol. The smallest absolute Gasteiger partial charge is 0.134 e. The second-order valence-electron chi connectivity index (χ2n) is 6.64. The molecule has 30 heavy (non-hydrogen) atoms. The van der Waals surface area contributed by atoms with E-state index in [-0.39, 0.29) is 0 Å². The SMILES string of the molecule is Clc1cccc(Sc2nc3cc4ccccc4cc3nc2Sc2cccc(Cl)c2)c1. The number of aromatic nitrogens is 2. The van der Waals surface area contributed by atoms with E-state index in [2.05, 4.69) is 24.3 Å². The highest BCUT2D eigenvalue weighted by Crippen LogP contribution is 2.39. The van der Waals surface area contributed by atoms with Crippen LogP contribution in [0.3, 0.4) is 0 Å². The lowest BCUT2D eigenvalue weighted by molar-refractivity contribution is 0.969. The minimum Gasteiger partial charge on any atom is -0.237 e. The van der Waals surface area contributed by atoms with Crippen LogP contribution in [-0.2, 0) is 0 Å². The fraction of sp³-hybridized carbons (Fsp3) is 0. The Morgan fingerprint density at radius 3 is 1.43 bits per heavy atom. The summed E-state index contributed by atoms with van der Waals surface area (Å²) in [6.45, 7) is 0. The minimum atomic E-state index is 0.698. The van der Waals surface area contributed by atoms with Crippen molar-refractivity contribution in [3.8, 4) is 0 Å². The van der Waals surface area contributed by atoms with E-state index in [1.54, 1.807) is 23.5 Å². The molecule has 6 heteroatoms. The summed E-state index contributed by atoms with van der Waals surface area (Å²) >= 11 is 15.5. The first kappa shape index (κ1) is 19.7. The molecule has 0 atom stereocenters. The first-order valence-corrected chi connectivity index (χ1v) is 11.6. The molecule has 0 aliphatic carbocycles. The third-order valence-corrected chi connectivity index (χ3v) is 7.03. The van der Waals surface area contributed by atoms with E-state index in [0.717, 1.165) is 41.6 Å². The Bertz CT molecular complexity index is 1280. The summed E-state index contributed by atoms with van der Waals surface area (Å²) in [5, 5.41) is 5.36. The van der Waals surface area contributed by atoms with Crippen molar-refractivity contribution in [2.45, 2.75) is 19.8 Å². The molecular formula is C24H14Cl2N2S2. The summed E-state index contributed by atoms with van der Waals surface area (Å²) < 4.78 is 0. The van der Waals surface area contributed by atoms with Crippen LogP contribution in [0.15, 0.2) is 105 Å². The molecule has 1 heterocycles. The number of benzene rings is 4. The molecule has 5 rings (SSSR count). The average Bonchev–Trinajstić information content (AvgIpc) is 2.73. The lowest BCUT2D eigenvalue weighted by atomic mass is 10.1. The normalized spacial score (nSPS) is 11.3. The van der Waals surface area contributed by atoms with Gasteiger partial charge in [-0.15, -0.1) is 0 Å². The molecule has 0 N–H and O–H groups in total. The van der Waals surface area contributed by atoms with Crippen molar-refractivity contribution >= 4 is 68.5 Å². The first-order chi connectivity index (χ1) is 14.6. The molecule has 1 aromatic heterocycles. The van der Waals surface area contributed by atoms with Crippen LogP contribution in [0.4, 0.5) is 0 Å². The van der Waals surface area contributed by atoms with E-state index in [9.17, 15) is 0 Å². The lowest BCUT2D eigenvalue weighted by Crippen LogP contribution is -1.93. The van der Waals surface area contributed by atoms with Gasteiger partial charge in [0.25, 0.3) is 0 Å². The Kier molecular flexibility index (Phi) is 5.57. The van der Waals surface area contributed by atoms with Crippen LogP contribution in [0, 0.1) is 0 Å². The summed E-state index contributed by atoms with van der Waals surface area (Å²) in [5.74, 6) is 0. The molecule has 0 amide bonds. The van der Waals surface area contributed by atoms with Gasteiger partial charge < -0.3 is 0 Å². The van der Waals surface area contributed by atoms with Crippen molar-refractivity contribution in [2.24, 2.45) is 0 Å². The third kappa shape index (κ3) is 4.28. The number of hydrogen-bond acceptors (Lipinski definition) is 4. The number of halogens is 2. The van der Waals surface area contributed by atoms with Crippen molar-refractivity contribution in [1.29, 1.82) is 0 Å². The van der Waals surface area contributed by atoms with Gasteiger partial charge in [0.1, 0.15) is 10.1 Å². The highest BCUT2D eigenvalue weighted by atomic mass is 35.5. The van der Waals surface area contributed by atoms with Gasteiger partial charge in [0, 0.05) is 19.8 Å². The zero-order chi connectivity index (χ0) is 20.5. The molecule has 2 nitrogen and oxygen atoms in total. The largest absolute Gasteiger partial charge is 0.237 e. The first-order valence-electron chi connectivity index (χ1n) is 9.21. The fourth-order valence-corrected chi connectivity index (χ4v) is 5.55. The van der Waals surface area contributed by atoms with Crippen LogP contribution in [0.5, 0.6) is 0 Å². The van der Waals surface area contributed by atoms with Gasteiger partial charge >= 0.3 is 0 Å². The van der Waals surface area contributed by atoms with Crippen LogP contribution >= 0.6 is 46.7 Å². The summed E-state index contributed by atoms with van der Waals surface area (Å²) in [6, 6.07) is 28.0. The molecule has 0 fully saturated rings. The summed E-state index contributed by atoms with van der Waals surface area (Å²) in [6.07, 6.45) is 0. The molecular weight excluding hydrogens is 451 g/mol. The molecule has 0 aliphatic rings. The Morgan fingerprint density at radius 2 is 1.00 bits per heavy atom. The van der Waals surface area contributed by atoms with Gasteiger partial charge in [-0.2, -0.15) is 0 Å². The molecule has 146 valence electrons. The van der Waals surface area contributed by atoms with Crippen molar-refractivity contribution in [1.82, 2.24) is 9.97 Å². The molecule has 0 aliphatic heterocycles. The molecule has 0 unspecified atom stereocenters. The van der Waals surface area contributed by atoms with Gasteiger partial charge in [0.15, 0.2) is 0 Å². The van der Waals surface area contributed by atoms with Crippen LogP contribution in [0.25, 0.3) is 21.8 Å². The summed E-state index contributed by atoms with van der Waals surface area (Å²) in [5.41, 5.74) is 1.74. The lowest BCUT2D eigenvalue weighted by Gasteiger charge is -2.10. The zero-order valence-electron chi connectivity index (χ0n) is 15.5. The number of fused-ring (bicyclic) bond motifs is 2. The highest BCUT2D eigenvalue weighted by molar-refractivity contribution is 8.02. The van der Waals surface area contributed by atoms with E-state index in [4.69, 9.17) is 33.2 Å². The van der Waals surface area contributed by atoms with Gasteiger partial charge in [0.05, 0.1) is 11.0 Å². The predicted molar refractivity (Wildman–Crippen MR) is 128 cm³/mol. The number of hydrogen-bond donors (Lipinski definition) is 0. The average molecular weight is 465 g/mol. The predicted octanol–water partition coefficient (Wildman–Crippen LogP) is 8.39. The Balaban J connectivity index is 1.65. The van der Waals surface area contributed by atoms with Gasteiger partial charge in [-0.3, -0.25) is 0 Å². The Morgan fingerprint density at radius 1 is 0.533 bits per heavy atom. The molecule has 0 bridgehead atoms. The van der Waals surface area contributed by atoms with E-state index in [1.165, 1.54) is 0 Å². The van der Waals surface area contributed by atoms with E-state index < -0.39 is 0 Å². The molecule has 0 saturated heterocycles. The molecule has 0 saturated carbocycles. The Hall–Kier alpha value is -2.24. The van der Waals surface area contributed by atoms with Crippen LogP contribution < -0.4 is 0 Å². The number of nitrogens with zero attached hydrogens (tertiary/aromatic N) is 2. The standard InChI is InChI=1S/C24H14Cl2N2S2/c25-17-7-3-9-19(13-17)29-23-24(30-20-10-4-8-18(26)14-20)28-22-12-16-6-2-1-5-15(16)11-21(22)27-23/h1-14H. The maximum Gasteiger partial charge on any atom is 0.134 e. The molecule has 5 aromatic rings. The Labute approximate surface area is 192 Å². The minimum absolute atomic E-state index is 0.698. The summed E-state index contributed by atoms with van der Waals surface area (Å²) in [4.78, 5) is 12.0. The van der Waals surface area contributed by atoms with Crippen LogP contribution in [0.1, 0.15) is 0 Å². The third-order valence-electron chi connectivity index (χ3n) is 4.49. The van der Waals surface area contributed by atoms with Gasteiger partial charge in [0.2, 0.25) is 0 Å². The van der Waals surface area contributed by atoms with E-state index in [1.807, 2.05) is 60.7 Å². The van der Waals surface area contributed by atoms with Gasteiger partial charge in [-0.05, 0) is 59.3 Å². The number of rotatable bonds is 4. The van der Waals surface area contributed by atoms with Gasteiger partial charge in [-0.1, -0.05) is 83.1 Å². The maximum absolute atomic E-state index is 6.19. The fourth-order valence-electron chi connectivity index (χ4n) is 3.13. The van der Waals surface area contributed by atoms with Crippen LogP contribution in [0.2, 0.25) is 10.0 Å². The second-order valence-corrected chi connectivity index (χ2v) is 9.64. The molecule has 0 spiro atoms. The van der Waals surface area contributed by atoms with E-state index in [0.29, 0.717) is 10.0 Å². The quantitative estimate of drug-likeness (QED) is 0.249. The van der Waals surface area contributed by atoms with Crippen molar-refractivity contribution in [3.63, 3.8) is 0 Å².